The van der Waals surface area contributed by atoms with Gasteiger partial charge in [-0.3, -0.25) is 4.79 Å². The van der Waals surface area contributed by atoms with Gasteiger partial charge in [0.25, 0.3) is 0 Å². The van der Waals surface area contributed by atoms with Crippen LogP contribution >= 0.6 is 0 Å². The lowest BCUT2D eigenvalue weighted by atomic mass is 10.4. The Hall–Kier alpha value is -0.790. The van der Waals surface area contributed by atoms with Crippen LogP contribution in [0, 0.1) is 0 Å². The Labute approximate surface area is 72.4 Å². The number of amides is 1. The van der Waals surface area contributed by atoms with Crippen LogP contribution in [-0.2, 0) is 14.8 Å². The van der Waals surface area contributed by atoms with Gasteiger partial charge in [-0.2, -0.15) is 13.2 Å². The van der Waals surface area contributed by atoms with Gasteiger partial charge in [0, 0.05) is 6.42 Å². The van der Waals surface area contributed by atoms with Crippen LogP contribution in [0.3, 0.4) is 0 Å². The second-order valence-electron chi connectivity index (χ2n) is 2.58. The molecule has 0 atom stereocenters. The van der Waals surface area contributed by atoms with Crippen molar-refractivity contribution < 1.29 is 26.4 Å². The molecular weight excluding hydrogens is 211 g/mol. The summed E-state index contributed by atoms with van der Waals surface area (Å²) in [6, 6.07) is 0. The van der Waals surface area contributed by atoms with E-state index in [0.29, 0.717) is 0 Å². The number of halogens is 3. The van der Waals surface area contributed by atoms with E-state index in [1.54, 1.807) is 0 Å². The molecule has 0 aliphatic carbocycles. The number of hydrogen-bond acceptors (Lipinski definition) is 3. The van der Waals surface area contributed by atoms with Crippen LogP contribution in [0.2, 0.25) is 0 Å². The Balaban J connectivity index is 2.85. The summed E-state index contributed by atoms with van der Waals surface area (Å²) in [7, 11) is -4.01. The molecule has 0 aromatic rings. The SMILES string of the molecule is O=C1CCS(=O)(=O)N1CC(F)(F)F. The maximum absolute atomic E-state index is 11.8. The van der Waals surface area contributed by atoms with E-state index in [-0.39, 0.29) is 10.7 Å². The highest BCUT2D eigenvalue weighted by atomic mass is 32.2. The number of alkyl halides is 3. The first-order valence-electron chi connectivity index (χ1n) is 3.32. The fourth-order valence-electron chi connectivity index (χ4n) is 0.956. The Morgan fingerprint density at radius 2 is 1.92 bits per heavy atom. The summed E-state index contributed by atoms with van der Waals surface area (Å²) in [4.78, 5) is 10.7. The molecule has 13 heavy (non-hydrogen) atoms. The van der Waals surface area contributed by atoms with Gasteiger partial charge < -0.3 is 0 Å². The van der Waals surface area contributed by atoms with Gasteiger partial charge in [0.15, 0.2) is 0 Å². The summed E-state index contributed by atoms with van der Waals surface area (Å²) in [5.41, 5.74) is 0. The van der Waals surface area contributed by atoms with Crippen LogP contribution in [0.25, 0.3) is 0 Å². The molecule has 1 amide bonds. The van der Waals surface area contributed by atoms with Crippen molar-refractivity contribution in [2.45, 2.75) is 12.6 Å². The third kappa shape index (κ3) is 2.33. The molecule has 0 aromatic carbocycles. The zero-order valence-electron chi connectivity index (χ0n) is 6.34. The largest absolute Gasteiger partial charge is 0.407 e. The fourth-order valence-corrected chi connectivity index (χ4v) is 2.35. The molecule has 8 heteroatoms. The van der Waals surface area contributed by atoms with Crippen molar-refractivity contribution in [1.82, 2.24) is 4.31 Å². The average molecular weight is 217 g/mol. The number of rotatable bonds is 1. The first-order chi connectivity index (χ1) is 5.72. The Kier molecular flexibility index (Phi) is 2.27. The molecule has 1 aliphatic rings. The van der Waals surface area contributed by atoms with E-state index in [1.807, 2.05) is 0 Å². The van der Waals surface area contributed by atoms with E-state index < -0.39 is 34.4 Å². The van der Waals surface area contributed by atoms with Crippen LogP contribution in [0.4, 0.5) is 13.2 Å². The molecule has 0 radical (unpaired) electrons. The van der Waals surface area contributed by atoms with Crippen LogP contribution in [0.5, 0.6) is 0 Å². The minimum Gasteiger partial charge on any atom is -0.274 e. The summed E-state index contributed by atoms with van der Waals surface area (Å²) >= 11 is 0. The van der Waals surface area contributed by atoms with Crippen LogP contribution < -0.4 is 0 Å². The third-order valence-corrected chi connectivity index (χ3v) is 3.24. The van der Waals surface area contributed by atoms with Gasteiger partial charge in [-0.15, -0.1) is 0 Å². The van der Waals surface area contributed by atoms with Gasteiger partial charge in [-0.25, -0.2) is 12.7 Å². The Morgan fingerprint density at radius 3 is 2.23 bits per heavy atom. The number of carbonyl (C=O) groups excluding carboxylic acids is 1. The molecule has 4 nitrogen and oxygen atoms in total. The highest BCUT2D eigenvalue weighted by Gasteiger charge is 2.42. The third-order valence-electron chi connectivity index (χ3n) is 1.51. The summed E-state index contributed by atoms with van der Waals surface area (Å²) in [6.07, 6.45) is -5.04. The molecule has 0 N–H and O–H groups in total. The van der Waals surface area contributed by atoms with Gasteiger partial charge in [0.05, 0.1) is 5.75 Å². The number of sulfonamides is 1. The summed E-state index contributed by atoms with van der Waals surface area (Å²) < 4.78 is 56.9. The first kappa shape index (κ1) is 10.3. The molecule has 76 valence electrons. The predicted molar refractivity (Wildman–Crippen MR) is 36.2 cm³/mol. The second kappa shape index (κ2) is 2.86. The standard InChI is InChI=1S/C5H6F3NO3S/c6-5(7,8)3-9-4(10)1-2-13(9,11)12/h1-3H2. The van der Waals surface area contributed by atoms with Crippen LogP contribution in [-0.4, -0.2) is 37.1 Å². The van der Waals surface area contributed by atoms with Crippen molar-refractivity contribution in [3.8, 4) is 0 Å². The number of hydrogen-bond donors (Lipinski definition) is 0. The van der Waals surface area contributed by atoms with Crippen molar-refractivity contribution in [3.05, 3.63) is 0 Å². The zero-order chi connectivity index (χ0) is 10.3. The predicted octanol–water partition coefficient (Wildman–Crippen LogP) is 0.111. The second-order valence-corrected chi connectivity index (χ2v) is 4.59. The number of carbonyl (C=O) groups is 1. The quantitative estimate of drug-likeness (QED) is 0.626. The van der Waals surface area contributed by atoms with Gasteiger partial charge in [-0.05, 0) is 0 Å². The highest BCUT2D eigenvalue weighted by Crippen LogP contribution is 2.23. The first-order valence-corrected chi connectivity index (χ1v) is 4.93. The molecule has 1 heterocycles. The summed E-state index contributed by atoms with van der Waals surface area (Å²) in [5.74, 6) is -1.51. The highest BCUT2D eigenvalue weighted by molar-refractivity contribution is 7.90. The van der Waals surface area contributed by atoms with Crippen molar-refractivity contribution in [1.29, 1.82) is 0 Å². The van der Waals surface area contributed by atoms with Crippen LogP contribution in [0.15, 0.2) is 0 Å². The minimum absolute atomic E-state index is 0.118. The van der Waals surface area contributed by atoms with Crippen molar-refractivity contribution in [3.63, 3.8) is 0 Å². The summed E-state index contributed by atoms with van der Waals surface area (Å²) in [5, 5.41) is 0. The minimum atomic E-state index is -4.67. The molecular formula is C5H6F3NO3S. The molecule has 0 bridgehead atoms. The van der Waals surface area contributed by atoms with E-state index in [1.165, 1.54) is 0 Å². The molecule has 0 aromatic heterocycles. The van der Waals surface area contributed by atoms with Crippen molar-refractivity contribution in [2.24, 2.45) is 0 Å². The van der Waals surface area contributed by atoms with Gasteiger partial charge in [-0.1, -0.05) is 0 Å². The summed E-state index contributed by atoms with van der Waals surface area (Å²) in [6.45, 7) is -1.71. The Bertz CT molecular complexity index is 320. The maximum Gasteiger partial charge on any atom is 0.407 e. The van der Waals surface area contributed by atoms with E-state index in [4.69, 9.17) is 0 Å². The topological polar surface area (TPSA) is 54.5 Å². The zero-order valence-corrected chi connectivity index (χ0v) is 7.15. The molecule has 0 unspecified atom stereocenters. The maximum atomic E-state index is 11.8. The van der Waals surface area contributed by atoms with E-state index in [9.17, 15) is 26.4 Å². The monoisotopic (exact) mass is 217 g/mol. The smallest absolute Gasteiger partial charge is 0.274 e. The Morgan fingerprint density at radius 1 is 1.38 bits per heavy atom. The molecule has 0 spiro atoms. The van der Waals surface area contributed by atoms with Crippen LogP contribution in [0.1, 0.15) is 6.42 Å². The molecule has 0 saturated carbocycles. The molecule has 1 aliphatic heterocycles. The van der Waals surface area contributed by atoms with E-state index >= 15 is 0 Å². The normalized spacial score (nSPS) is 22.4. The van der Waals surface area contributed by atoms with Gasteiger partial charge >= 0.3 is 6.18 Å². The fraction of sp³-hybridized carbons (Fsp3) is 0.800. The van der Waals surface area contributed by atoms with Gasteiger partial charge in [0.2, 0.25) is 15.9 Å². The lowest BCUT2D eigenvalue weighted by Crippen LogP contribution is -2.38. The number of nitrogens with zero attached hydrogens (tertiary/aromatic N) is 1. The lowest BCUT2D eigenvalue weighted by Gasteiger charge is -2.16. The molecule has 1 fully saturated rings. The lowest BCUT2D eigenvalue weighted by molar-refractivity contribution is -0.149. The van der Waals surface area contributed by atoms with E-state index in [2.05, 4.69) is 0 Å². The molecule has 1 saturated heterocycles. The van der Waals surface area contributed by atoms with Crippen molar-refractivity contribution in [2.75, 3.05) is 12.3 Å². The molecule has 1 rings (SSSR count). The average Bonchev–Trinajstić information content (AvgIpc) is 2.13. The van der Waals surface area contributed by atoms with E-state index in [0.717, 1.165) is 0 Å². The van der Waals surface area contributed by atoms with Crippen molar-refractivity contribution >= 4 is 15.9 Å². The van der Waals surface area contributed by atoms with Gasteiger partial charge in [0.1, 0.15) is 6.54 Å².